The quantitative estimate of drug-likeness (QED) is 0.429. The Morgan fingerprint density at radius 1 is 1.24 bits per heavy atom. The smallest absolute Gasteiger partial charge is 0.412 e. The molecule has 13 nitrogen and oxygen atoms in total. The molecule has 3 N–H and O–H groups in total. The zero-order valence-electron chi connectivity index (χ0n) is 21.5. The number of halogens is 2. The Morgan fingerprint density at radius 2 is 1.89 bits per heavy atom. The first-order chi connectivity index (χ1) is 17.4. The first-order valence-corrected chi connectivity index (χ1v) is 14.2. The molecule has 0 radical (unpaired) electrons. The van der Waals surface area contributed by atoms with Crippen molar-refractivity contribution in [3.05, 3.63) is 30.1 Å². The Balaban J connectivity index is 2.08. The van der Waals surface area contributed by atoms with Crippen molar-refractivity contribution in [1.29, 1.82) is 0 Å². The van der Waals surface area contributed by atoms with E-state index in [-0.39, 0.29) is 34.0 Å². The first-order valence-electron chi connectivity index (χ1n) is 11.3. The van der Waals surface area contributed by atoms with Gasteiger partial charge in [0.05, 0.1) is 30.2 Å². The largest absolute Gasteiger partial charge is 0.485 e. The summed E-state index contributed by atoms with van der Waals surface area (Å²) in [4.78, 5) is 11.8. The summed E-state index contributed by atoms with van der Waals surface area (Å²) in [5, 5.41) is 6.11. The van der Waals surface area contributed by atoms with E-state index in [0.29, 0.717) is 0 Å². The number of anilines is 2. The third-order valence-corrected chi connectivity index (χ3v) is 8.47. The van der Waals surface area contributed by atoms with Crippen LogP contribution in [0.5, 0.6) is 5.75 Å². The number of ether oxygens (including phenoxy) is 2. The van der Waals surface area contributed by atoms with Gasteiger partial charge in [-0.2, -0.15) is 27.0 Å². The maximum Gasteiger partial charge on any atom is 0.412 e. The van der Waals surface area contributed by atoms with Gasteiger partial charge in [-0.25, -0.2) is 22.6 Å². The standard InChI is InChI=1S/C21H30F2N6O7S2/c1-12-18(11-28(27-12)19(22)23)37(31,32)29-13(2)17(10-25-38(33,34)24-6)35-16-8-7-14(9-15(16)29)26-20(30)36-21(3,4)5/h7-9,11,13,17,19,24-25H,10H2,1-6H3,(H,26,30). The van der Waals surface area contributed by atoms with E-state index in [0.717, 1.165) is 10.5 Å². The van der Waals surface area contributed by atoms with E-state index >= 15 is 0 Å². The highest BCUT2D eigenvalue weighted by molar-refractivity contribution is 7.93. The molecule has 17 heteroatoms. The molecule has 0 fully saturated rings. The molecule has 0 bridgehead atoms. The third-order valence-electron chi connectivity index (χ3n) is 5.38. The summed E-state index contributed by atoms with van der Waals surface area (Å²) in [6.45, 7) is 4.38. The molecule has 0 saturated carbocycles. The van der Waals surface area contributed by atoms with Crippen LogP contribution in [0, 0.1) is 6.92 Å². The molecule has 1 amide bonds. The Morgan fingerprint density at radius 3 is 2.45 bits per heavy atom. The predicted molar refractivity (Wildman–Crippen MR) is 134 cm³/mol. The lowest BCUT2D eigenvalue weighted by Gasteiger charge is -2.41. The fraction of sp³-hybridized carbons (Fsp3) is 0.524. The molecule has 1 aromatic heterocycles. The van der Waals surface area contributed by atoms with Gasteiger partial charge >= 0.3 is 12.6 Å². The molecule has 2 aromatic rings. The van der Waals surface area contributed by atoms with Crippen molar-refractivity contribution in [1.82, 2.24) is 19.2 Å². The van der Waals surface area contributed by atoms with Gasteiger partial charge in [0.25, 0.3) is 20.2 Å². The van der Waals surface area contributed by atoms with Crippen LogP contribution in [0.2, 0.25) is 0 Å². The number of hydrogen-bond acceptors (Lipinski definition) is 8. The molecule has 2 unspecified atom stereocenters. The molecule has 38 heavy (non-hydrogen) atoms. The Hall–Kier alpha value is -3.02. The molecular formula is C21H30F2N6O7S2. The van der Waals surface area contributed by atoms with Gasteiger partial charge in [0.2, 0.25) is 0 Å². The van der Waals surface area contributed by atoms with Crippen molar-refractivity contribution in [2.45, 2.75) is 63.8 Å². The lowest BCUT2D eigenvalue weighted by atomic mass is 10.1. The minimum atomic E-state index is -4.53. The van der Waals surface area contributed by atoms with E-state index < -0.39 is 55.5 Å². The van der Waals surface area contributed by atoms with Crippen molar-refractivity contribution in [3.63, 3.8) is 0 Å². The molecule has 1 aliphatic heterocycles. The zero-order valence-corrected chi connectivity index (χ0v) is 23.2. The van der Waals surface area contributed by atoms with Crippen LogP contribution in [-0.4, -0.2) is 64.0 Å². The number of hydrogen-bond donors (Lipinski definition) is 3. The predicted octanol–water partition coefficient (Wildman–Crippen LogP) is 2.33. The molecule has 3 rings (SSSR count). The summed E-state index contributed by atoms with van der Waals surface area (Å²) in [7, 11) is -7.22. The number of aryl methyl sites for hydroxylation is 1. The molecule has 0 saturated heterocycles. The van der Waals surface area contributed by atoms with Crippen molar-refractivity contribution in [3.8, 4) is 5.75 Å². The van der Waals surface area contributed by atoms with Crippen LogP contribution in [0.4, 0.5) is 25.0 Å². The Labute approximate surface area is 219 Å². The van der Waals surface area contributed by atoms with Crippen LogP contribution in [0.1, 0.15) is 39.9 Å². The van der Waals surface area contributed by atoms with E-state index in [9.17, 15) is 30.4 Å². The van der Waals surface area contributed by atoms with Crippen molar-refractivity contribution < 1.29 is 39.9 Å². The summed E-state index contributed by atoms with van der Waals surface area (Å²) in [5.74, 6) is 0.0500. The topological polar surface area (TPSA) is 161 Å². The van der Waals surface area contributed by atoms with Crippen LogP contribution in [0.3, 0.4) is 0 Å². The lowest BCUT2D eigenvalue weighted by molar-refractivity contribution is 0.0560. The number of carbonyl (C=O) groups excluding carboxylic acids is 1. The number of nitrogens with zero attached hydrogens (tertiary/aromatic N) is 3. The molecule has 0 aliphatic carbocycles. The second kappa shape index (κ2) is 10.6. The van der Waals surface area contributed by atoms with E-state index in [2.05, 4.69) is 19.9 Å². The molecular weight excluding hydrogens is 550 g/mol. The van der Waals surface area contributed by atoms with Gasteiger partial charge in [-0.05, 0) is 52.8 Å². The Bertz CT molecular complexity index is 1410. The van der Waals surface area contributed by atoms with E-state index in [1.807, 2.05) is 0 Å². The second-order valence-corrected chi connectivity index (χ2v) is 12.9. The minimum absolute atomic E-state index is 0.0111. The van der Waals surface area contributed by atoms with Gasteiger partial charge in [0.1, 0.15) is 22.4 Å². The molecule has 1 aromatic carbocycles. The van der Waals surface area contributed by atoms with Gasteiger partial charge in [-0.3, -0.25) is 9.62 Å². The lowest BCUT2D eigenvalue weighted by Crippen LogP contribution is -2.55. The zero-order chi connectivity index (χ0) is 28.6. The number of nitrogens with one attached hydrogen (secondary N) is 3. The summed E-state index contributed by atoms with van der Waals surface area (Å²) in [6, 6.07) is 3.14. The number of fused-ring (bicyclic) bond motifs is 1. The average Bonchev–Trinajstić information content (AvgIpc) is 3.19. The van der Waals surface area contributed by atoms with E-state index in [4.69, 9.17) is 9.47 Å². The van der Waals surface area contributed by atoms with Crippen molar-refractivity contribution in [2.75, 3.05) is 23.2 Å². The van der Waals surface area contributed by atoms with Crippen LogP contribution in [-0.2, 0) is 25.0 Å². The minimum Gasteiger partial charge on any atom is -0.485 e. The van der Waals surface area contributed by atoms with Gasteiger partial charge in [0, 0.05) is 12.7 Å². The molecule has 212 valence electrons. The van der Waals surface area contributed by atoms with Crippen LogP contribution in [0.25, 0.3) is 0 Å². The molecule has 1 aliphatic rings. The normalized spacial score (nSPS) is 18.2. The third kappa shape index (κ3) is 6.51. The highest BCUT2D eigenvalue weighted by Crippen LogP contribution is 2.42. The summed E-state index contributed by atoms with van der Waals surface area (Å²) >= 11 is 0. The number of benzene rings is 1. The number of sulfonamides is 1. The van der Waals surface area contributed by atoms with Crippen LogP contribution < -0.4 is 23.8 Å². The van der Waals surface area contributed by atoms with E-state index in [1.165, 1.54) is 39.1 Å². The number of rotatable bonds is 8. The van der Waals surface area contributed by atoms with Gasteiger partial charge in [-0.15, -0.1) is 0 Å². The average molecular weight is 581 g/mol. The molecule has 0 spiro atoms. The van der Waals surface area contributed by atoms with Crippen molar-refractivity contribution in [2.24, 2.45) is 0 Å². The van der Waals surface area contributed by atoms with Crippen molar-refractivity contribution >= 4 is 37.7 Å². The maximum absolute atomic E-state index is 13.9. The SMILES string of the molecule is CNS(=O)(=O)NCC1Oc2ccc(NC(=O)OC(C)(C)C)cc2N(S(=O)(=O)c2cn(C(F)F)nc2C)C1C. The van der Waals surface area contributed by atoms with Crippen LogP contribution >= 0.6 is 0 Å². The summed E-state index contributed by atoms with van der Waals surface area (Å²) in [6.07, 6.45) is -1.08. The van der Waals surface area contributed by atoms with E-state index in [1.54, 1.807) is 20.8 Å². The van der Waals surface area contributed by atoms with Gasteiger partial charge in [-0.1, -0.05) is 0 Å². The summed E-state index contributed by atoms with van der Waals surface area (Å²) < 4.78 is 94.7. The Kier molecular flexibility index (Phi) is 8.26. The number of amides is 1. The second-order valence-electron chi connectivity index (χ2n) is 9.40. The van der Waals surface area contributed by atoms with Gasteiger partial charge < -0.3 is 9.47 Å². The van der Waals surface area contributed by atoms with Crippen LogP contribution in [0.15, 0.2) is 29.3 Å². The number of aromatic nitrogens is 2. The first kappa shape index (κ1) is 29.5. The number of carbonyl (C=O) groups is 1. The monoisotopic (exact) mass is 580 g/mol. The maximum atomic E-state index is 13.9. The summed E-state index contributed by atoms with van der Waals surface area (Å²) in [5.41, 5.74) is -0.797. The fourth-order valence-corrected chi connectivity index (χ4v) is 6.04. The highest BCUT2D eigenvalue weighted by Gasteiger charge is 2.42. The fourth-order valence-electron chi connectivity index (χ4n) is 3.67. The highest BCUT2D eigenvalue weighted by atomic mass is 32.2. The molecule has 2 heterocycles. The van der Waals surface area contributed by atoms with Gasteiger partial charge in [0.15, 0.2) is 0 Å². The number of alkyl halides is 2. The molecule has 2 atom stereocenters.